The summed E-state index contributed by atoms with van der Waals surface area (Å²) in [4.78, 5) is 11.9. The Morgan fingerprint density at radius 1 is 1.28 bits per heavy atom. The van der Waals surface area contributed by atoms with Gasteiger partial charge in [-0.15, -0.1) is 0 Å². The van der Waals surface area contributed by atoms with Gasteiger partial charge in [0.25, 0.3) is 5.56 Å². The highest BCUT2D eigenvalue weighted by atomic mass is 16.5. The number of hydrogen-bond acceptors (Lipinski definition) is 4. The van der Waals surface area contributed by atoms with Crippen molar-refractivity contribution >= 4 is 10.8 Å². The van der Waals surface area contributed by atoms with Gasteiger partial charge in [0.1, 0.15) is 0 Å². The molecule has 0 amide bonds. The lowest BCUT2D eigenvalue weighted by Gasteiger charge is -2.14. The normalized spacial score (nSPS) is 10.9. The zero-order valence-corrected chi connectivity index (χ0v) is 10.9. The number of fused-ring (bicyclic) bond motifs is 1. The van der Waals surface area contributed by atoms with Crippen molar-refractivity contribution in [1.82, 2.24) is 9.78 Å². The van der Waals surface area contributed by atoms with Crippen molar-refractivity contribution in [2.45, 2.75) is 20.0 Å². The maximum atomic E-state index is 11.9. The molecule has 1 heterocycles. The molecule has 2 aromatic rings. The van der Waals surface area contributed by atoms with Crippen molar-refractivity contribution in [2.24, 2.45) is 7.05 Å². The SMILES string of the molecule is COc1cc2c(=O)n(C)ncc2cc1OC(C)C. The summed E-state index contributed by atoms with van der Waals surface area (Å²) in [6.45, 7) is 3.87. The van der Waals surface area contributed by atoms with E-state index in [1.54, 1.807) is 32.5 Å². The molecule has 0 radical (unpaired) electrons. The minimum Gasteiger partial charge on any atom is -0.493 e. The summed E-state index contributed by atoms with van der Waals surface area (Å²) in [6, 6.07) is 3.47. The molecular weight excluding hydrogens is 232 g/mol. The maximum absolute atomic E-state index is 11.9. The number of rotatable bonds is 3. The van der Waals surface area contributed by atoms with E-state index >= 15 is 0 Å². The lowest BCUT2D eigenvalue weighted by Crippen LogP contribution is -2.19. The highest BCUT2D eigenvalue weighted by Crippen LogP contribution is 2.31. The largest absolute Gasteiger partial charge is 0.493 e. The van der Waals surface area contributed by atoms with Crippen LogP contribution < -0.4 is 15.0 Å². The van der Waals surface area contributed by atoms with Crippen LogP contribution in [0, 0.1) is 0 Å². The molecule has 5 heteroatoms. The highest BCUT2D eigenvalue weighted by Gasteiger charge is 2.11. The molecule has 1 aromatic heterocycles. The van der Waals surface area contributed by atoms with Gasteiger partial charge in [-0.25, -0.2) is 4.68 Å². The van der Waals surface area contributed by atoms with Crippen molar-refractivity contribution in [3.05, 3.63) is 28.7 Å². The Labute approximate surface area is 105 Å². The van der Waals surface area contributed by atoms with Gasteiger partial charge in [-0.05, 0) is 26.0 Å². The van der Waals surface area contributed by atoms with Crippen LogP contribution in [-0.2, 0) is 7.05 Å². The topological polar surface area (TPSA) is 53.4 Å². The van der Waals surface area contributed by atoms with Crippen LogP contribution >= 0.6 is 0 Å². The molecule has 0 bridgehead atoms. The van der Waals surface area contributed by atoms with Gasteiger partial charge in [-0.2, -0.15) is 5.10 Å². The zero-order chi connectivity index (χ0) is 13.3. The third kappa shape index (κ3) is 2.16. The van der Waals surface area contributed by atoms with E-state index < -0.39 is 0 Å². The van der Waals surface area contributed by atoms with E-state index in [1.807, 2.05) is 13.8 Å². The van der Waals surface area contributed by atoms with Gasteiger partial charge in [0.05, 0.1) is 24.8 Å². The number of methoxy groups -OCH3 is 1. The molecule has 0 fully saturated rings. The molecule has 0 atom stereocenters. The number of nitrogens with zero attached hydrogens (tertiary/aromatic N) is 2. The number of benzene rings is 1. The van der Waals surface area contributed by atoms with E-state index in [2.05, 4.69) is 5.10 Å². The first-order chi connectivity index (χ1) is 8.52. The number of ether oxygens (including phenoxy) is 2. The molecule has 1 aromatic carbocycles. The van der Waals surface area contributed by atoms with Gasteiger partial charge in [0, 0.05) is 12.4 Å². The quantitative estimate of drug-likeness (QED) is 0.830. The molecule has 5 nitrogen and oxygen atoms in total. The Bertz CT molecular complexity index is 632. The average molecular weight is 248 g/mol. The van der Waals surface area contributed by atoms with Crippen LogP contribution in [0.2, 0.25) is 0 Å². The summed E-state index contributed by atoms with van der Waals surface area (Å²) in [6.07, 6.45) is 1.68. The van der Waals surface area contributed by atoms with Crippen LogP contribution in [0.1, 0.15) is 13.8 Å². The van der Waals surface area contributed by atoms with Crippen molar-refractivity contribution in [3.8, 4) is 11.5 Å². The second-order valence-corrected chi connectivity index (χ2v) is 4.33. The van der Waals surface area contributed by atoms with Gasteiger partial charge in [-0.1, -0.05) is 0 Å². The van der Waals surface area contributed by atoms with Crippen molar-refractivity contribution in [3.63, 3.8) is 0 Å². The first-order valence-electron chi connectivity index (χ1n) is 5.73. The van der Waals surface area contributed by atoms with Crippen LogP contribution in [-0.4, -0.2) is 23.0 Å². The number of hydrogen-bond donors (Lipinski definition) is 0. The van der Waals surface area contributed by atoms with Crippen molar-refractivity contribution in [2.75, 3.05) is 7.11 Å². The predicted molar refractivity (Wildman–Crippen MR) is 69.3 cm³/mol. The summed E-state index contributed by atoms with van der Waals surface area (Å²) in [7, 11) is 3.17. The second kappa shape index (κ2) is 4.68. The Morgan fingerprint density at radius 2 is 2.00 bits per heavy atom. The van der Waals surface area contributed by atoms with E-state index in [-0.39, 0.29) is 11.7 Å². The number of aromatic nitrogens is 2. The summed E-state index contributed by atoms with van der Waals surface area (Å²) < 4.78 is 12.2. The van der Waals surface area contributed by atoms with Crippen molar-refractivity contribution in [1.29, 1.82) is 0 Å². The van der Waals surface area contributed by atoms with Crippen LogP contribution in [0.3, 0.4) is 0 Å². The van der Waals surface area contributed by atoms with Crippen molar-refractivity contribution < 1.29 is 9.47 Å². The molecule has 0 spiro atoms. The van der Waals surface area contributed by atoms with Crippen LogP contribution in [0.4, 0.5) is 0 Å². The third-order valence-corrected chi connectivity index (χ3v) is 2.59. The first-order valence-corrected chi connectivity index (χ1v) is 5.73. The lowest BCUT2D eigenvalue weighted by atomic mass is 10.2. The van der Waals surface area contributed by atoms with E-state index in [1.165, 1.54) is 4.68 Å². The fraction of sp³-hybridized carbons (Fsp3) is 0.385. The minimum absolute atomic E-state index is 0.0378. The first kappa shape index (κ1) is 12.4. The Hall–Kier alpha value is -2.04. The predicted octanol–water partition coefficient (Wildman–Crippen LogP) is 1.73. The van der Waals surface area contributed by atoms with Gasteiger partial charge < -0.3 is 9.47 Å². The molecule has 0 aliphatic rings. The van der Waals surface area contributed by atoms with E-state index in [0.29, 0.717) is 16.9 Å². The lowest BCUT2D eigenvalue weighted by molar-refractivity contribution is 0.230. The average Bonchev–Trinajstić information content (AvgIpc) is 2.33. The fourth-order valence-electron chi connectivity index (χ4n) is 1.75. The second-order valence-electron chi connectivity index (χ2n) is 4.33. The molecule has 2 rings (SSSR count). The molecule has 0 aliphatic heterocycles. The Kier molecular flexibility index (Phi) is 3.23. The zero-order valence-electron chi connectivity index (χ0n) is 10.9. The summed E-state index contributed by atoms with van der Waals surface area (Å²) in [5.74, 6) is 1.18. The molecule has 0 saturated heterocycles. The molecule has 0 saturated carbocycles. The molecule has 18 heavy (non-hydrogen) atoms. The maximum Gasteiger partial charge on any atom is 0.274 e. The monoisotopic (exact) mass is 248 g/mol. The molecule has 0 unspecified atom stereocenters. The van der Waals surface area contributed by atoms with Gasteiger partial charge >= 0.3 is 0 Å². The molecule has 0 aliphatic carbocycles. The fourth-order valence-corrected chi connectivity index (χ4v) is 1.75. The van der Waals surface area contributed by atoms with E-state index in [9.17, 15) is 4.79 Å². The summed E-state index contributed by atoms with van der Waals surface area (Å²) in [5, 5.41) is 5.31. The van der Waals surface area contributed by atoms with Gasteiger partial charge in [0.2, 0.25) is 0 Å². The van der Waals surface area contributed by atoms with Crippen LogP contribution in [0.15, 0.2) is 23.1 Å². The Morgan fingerprint density at radius 3 is 2.61 bits per heavy atom. The molecular formula is C13H16N2O3. The van der Waals surface area contributed by atoms with Gasteiger partial charge in [0.15, 0.2) is 11.5 Å². The van der Waals surface area contributed by atoms with Gasteiger partial charge in [-0.3, -0.25) is 4.79 Å². The van der Waals surface area contributed by atoms with E-state index in [4.69, 9.17) is 9.47 Å². The molecule has 0 N–H and O–H groups in total. The smallest absolute Gasteiger partial charge is 0.274 e. The van der Waals surface area contributed by atoms with Crippen LogP contribution in [0.5, 0.6) is 11.5 Å². The molecule has 96 valence electrons. The highest BCUT2D eigenvalue weighted by molar-refractivity contribution is 5.84. The summed E-state index contributed by atoms with van der Waals surface area (Å²) in [5.41, 5.74) is -0.151. The number of aryl methyl sites for hydroxylation is 1. The minimum atomic E-state index is -0.151. The van der Waals surface area contributed by atoms with E-state index in [0.717, 1.165) is 5.39 Å². The third-order valence-electron chi connectivity index (χ3n) is 2.59. The van der Waals surface area contributed by atoms with Crippen LogP contribution in [0.25, 0.3) is 10.8 Å². The summed E-state index contributed by atoms with van der Waals surface area (Å²) >= 11 is 0. The Balaban J connectivity index is 2.68. The standard InChI is InChI=1S/C13H16N2O3/c1-8(2)18-12-5-9-7-14-15(3)13(16)10(9)6-11(12)17-4/h5-8H,1-4H3.